The standard InChI is InChI=1S/C17H21NS2/c1-2-15-4-5-17(12-16(15)3-1)20-11-9-18-8-6-14-7-10-19-13-14/h4-5,7,10,12-13,18H,1-3,6,8-9,11H2. The van der Waals surface area contributed by atoms with Crippen LogP contribution in [0.5, 0.6) is 0 Å². The van der Waals surface area contributed by atoms with Crippen LogP contribution in [0.15, 0.2) is 39.9 Å². The van der Waals surface area contributed by atoms with Crippen molar-refractivity contribution in [2.75, 3.05) is 18.8 Å². The Morgan fingerprint density at radius 1 is 1.10 bits per heavy atom. The van der Waals surface area contributed by atoms with Gasteiger partial charge in [0.1, 0.15) is 0 Å². The lowest BCUT2D eigenvalue weighted by atomic mass is 10.1. The Balaban J connectivity index is 1.33. The van der Waals surface area contributed by atoms with Crippen molar-refractivity contribution in [3.63, 3.8) is 0 Å². The molecule has 1 aliphatic rings. The SMILES string of the molecule is c1cc(CCNCCSc2ccc3c(c2)CCC3)cs1. The van der Waals surface area contributed by atoms with Crippen LogP contribution in [0.2, 0.25) is 0 Å². The second kappa shape index (κ2) is 7.30. The molecule has 3 heteroatoms. The van der Waals surface area contributed by atoms with Crippen LogP contribution in [0.4, 0.5) is 0 Å². The van der Waals surface area contributed by atoms with Crippen LogP contribution in [0, 0.1) is 0 Å². The summed E-state index contributed by atoms with van der Waals surface area (Å²) in [4.78, 5) is 1.44. The summed E-state index contributed by atoms with van der Waals surface area (Å²) in [6.45, 7) is 2.17. The number of hydrogen-bond acceptors (Lipinski definition) is 3. The van der Waals surface area contributed by atoms with E-state index in [1.807, 2.05) is 11.8 Å². The average Bonchev–Trinajstić information content (AvgIpc) is 3.13. The van der Waals surface area contributed by atoms with Crippen LogP contribution >= 0.6 is 23.1 Å². The van der Waals surface area contributed by atoms with E-state index in [0.29, 0.717) is 0 Å². The largest absolute Gasteiger partial charge is 0.316 e. The van der Waals surface area contributed by atoms with Crippen LogP contribution in [0.1, 0.15) is 23.1 Å². The van der Waals surface area contributed by atoms with Gasteiger partial charge in [0.25, 0.3) is 0 Å². The van der Waals surface area contributed by atoms with Crippen molar-refractivity contribution in [2.24, 2.45) is 0 Å². The summed E-state index contributed by atoms with van der Waals surface area (Å²) >= 11 is 3.76. The molecule has 1 N–H and O–H groups in total. The zero-order valence-electron chi connectivity index (χ0n) is 11.7. The summed E-state index contributed by atoms with van der Waals surface area (Å²) in [5.41, 5.74) is 4.61. The average molecular weight is 303 g/mol. The Morgan fingerprint density at radius 3 is 2.95 bits per heavy atom. The van der Waals surface area contributed by atoms with Crippen LogP contribution in [0.25, 0.3) is 0 Å². The molecule has 0 atom stereocenters. The van der Waals surface area contributed by atoms with Gasteiger partial charge in [0, 0.05) is 17.2 Å². The van der Waals surface area contributed by atoms with E-state index in [9.17, 15) is 0 Å². The molecule has 3 rings (SSSR count). The highest BCUT2D eigenvalue weighted by Gasteiger charge is 2.10. The highest BCUT2D eigenvalue weighted by molar-refractivity contribution is 7.99. The number of rotatable bonds is 7. The van der Waals surface area contributed by atoms with Gasteiger partial charge in [-0.3, -0.25) is 0 Å². The maximum absolute atomic E-state index is 3.53. The lowest BCUT2D eigenvalue weighted by molar-refractivity contribution is 0.722. The van der Waals surface area contributed by atoms with Crippen molar-refractivity contribution in [1.29, 1.82) is 0 Å². The number of nitrogens with one attached hydrogen (secondary N) is 1. The van der Waals surface area contributed by atoms with E-state index in [2.05, 4.69) is 40.3 Å². The quantitative estimate of drug-likeness (QED) is 0.609. The summed E-state index contributed by atoms with van der Waals surface area (Å²) in [7, 11) is 0. The van der Waals surface area contributed by atoms with Gasteiger partial charge < -0.3 is 5.32 Å². The lowest BCUT2D eigenvalue weighted by Gasteiger charge is -2.06. The first-order chi connectivity index (χ1) is 9.92. The van der Waals surface area contributed by atoms with Crippen molar-refractivity contribution < 1.29 is 0 Å². The molecule has 0 unspecified atom stereocenters. The summed E-state index contributed by atoms with van der Waals surface area (Å²) in [6, 6.07) is 9.23. The van der Waals surface area contributed by atoms with Gasteiger partial charge in [-0.05, 0) is 77.9 Å². The molecule has 0 spiro atoms. The number of hydrogen-bond donors (Lipinski definition) is 1. The summed E-state index contributed by atoms with van der Waals surface area (Å²) in [5.74, 6) is 1.16. The molecule has 0 bridgehead atoms. The van der Waals surface area contributed by atoms with Gasteiger partial charge in [0.2, 0.25) is 0 Å². The third-order valence-corrected chi connectivity index (χ3v) is 5.52. The van der Waals surface area contributed by atoms with Crippen molar-refractivity contribution in [3.8, 4) is 0 Å². The zero-order chi connectivity index (χ0) is 13.6. The number of fused-ring (bicyclic) bond motifs is 1. The monoisotopic (exact) mass is 303 g/mol. The molecule has 0 fully saturated rings. The fourth-order valence-corrected chi connectivity index (χ4v) is 4.25. The van der Waals surface area contributed by atoms with E-state index in [1.165, 1.54) is 29.7 Å². The lowest BCUT2D eigenvalue weighted by Crippen LogP contribution is -2.19. The zero-order valence-corrected chi connectivity index (χ0v) is 13.4. The van der Waals surface area contributed by atoms with Crippen LogP contribution in [-0.4, -0.2) is 18.8 Å². The minimum atomic E-state index is 1.08. The van der Waals surface area contributed by atoms with Crippen molar-refractivity contribution in [2.45, 2.75) is 30.6 Å². The summed E-state index contributed by atoms with van der Waals surface area (Å²) in [5, 5.41) is 7.92. The Bertz CT molecular complexity index is 534. The van der Waals surface area contributed by atoms with Crippen molar-refractivity contribution in [1.82, 2.24) is 5.32 Å². The fourth-order valence-electron chi connectivity index (χ4n) is 2.67. The predicted molar refractivity (Wildman–Crippen MR) is 90.1 cm³/mol. The van der Waals surface area contributed by atoms with Gasteiger partial charge in [-0.15, -0.1) is 11.8 Å². The molecule has 1 nitrogen and oxygen atoms in total. The maximum atomic E-state index is 3.53. The van der Waals surface area contributed by atoms with Crippen molar-refractivity contribution in [3.05, 3.63) is 51.7 Å². The fraction of sp³-hybridized carbons (Fsp3) is 0.412. The smallest absolute Gasteiger partial charge is 0.0106 e. The number of thioether (sulfide) groups is 1. The second-order valence-corrected chi connectivity index (χ2v) is 7.21. The van der Waals surface area contributed by atoms with Crippen LogP contribution < -0.4 is 5.32 Å². The predicted octanol–water partition coefficient (Wildman–Crippen LogP) is 4.16. The van der Waals surface area contributed by atoms with Crippen LogP contribution in [0.3, 0.4) is 0 Å². The third-order valence-electron chi connectivity index (χ3n) is 3.79. The second-order valence-electron chi connectivity index (χ2n) is 5.26. The number of thiophene rings is 1. The summed E-state index contributed by atoms with van der Waals surface area (Å²) in [6.07, 6.45) is 5.05. The van der Waals surface area contributed by atoms with Crippen molar-refractivity contribution >= 4 is 23.1 Å². The third kappa shape index (κ3) is 3.87. The maximum Gasteiger partial charge on any atom is 0.0106 e. The Kier molecular flexibility index (Phi) is 5.17. The summed E-state index contributed by atoms with van der Waals surface area (Å²) < 4.78 is 0. The molecule has 1 heterocycles. The van der Waals surface area contributed by atoms with Gasteiger partial charge in [0.05, 0.1) is 0 Å². The number of aryl methyl sites for hydroxylation is 2. The molecular weight excluding hydrogens is 282 g/mol. The Morgan fingerprint density at radius 2 is 2.05 bits per heavy atom. The van der Waals surface area contributed by atoms with Gasteiger partial charge in [-0.1, -0.05) is 6.07 Å². The first-order valence-corrected chi connectivity index (χ1v) is 9.31. The first kappa shape index (κ1) is 14.2. The molecule has 0 saturated carbocycles. The van der Waals surface area contributed by atoms with Gasteiger partial charge >= 0.3 is 0 Å². The molecular formula is C17H21NS2. The highest BCUT2D eigenvalue weighted by Crippen LogP contribution is 2.27. The minimum absolute atomic E-state index is 1.08. The van der Waals surface area contributed by atoms with Gasteiger partial charge in [-0.25, -0.2) is 0 Å². The van der Waals surface area contributed by atoms with E-state index >= 15 is 0 Å². The van der Waals surface area contributed by atoms with E-state index in [0.717, 1.165) is 25.3 Å². The molecule has 106 valence electrons. The number of benzene rings is 1. The van der Waals surface area contributed by atoms with E-state index in [-0.39, 0.29) is 0 Å². The van der Waals surface area contributed by atoms with E-state index in [1.54, 1.807) is 22.5 Å². The molecule has 20 heavy (non-hydrogen) atoms. The Hall–Kier alpha value is -0.770. The molecule has 0 amide bonds. The molecule has 0 radical (unpaired) electrons. The van der Waals surface area contributed by atoms with Gasteiger partial charge in [-0.2, -0.15) is 11.3 Å². The van der Waals surface area contributed by atoms with Crippen LogP contribution in [-0.2, 0) is 19.3 Å². The van der Waals surface area contributed by atoms with E-state index < -0.39 is 0 Å². The molecule has 1 aliphatic carbocycles. The van der Waals surface area contributed by atoms with Gasteiger partial charge in [0.15, 0.2) is 0 Å². The first-order valence-electron chi connectivity index (χ1n) is 7.38. The molecule has 0 aliphatic heterocycles. The Labute approximate surface area is 129 Å². The molecule has 2 aromatic rings. The topological polar surface area (TPSA) is 12.0 Å². The molecule has 1 aromatic heterocycles. The molecule has 0 saturated heterocycles. The normalized spacial score (nSPS) is 13.6. The highest BCUT2D eigenvalue weighted by atomic mass is 32.2. The molecule has 1 aromatic carbocycles. The van der Waals surface area contributed by atoms with E-state index in [4.69, 9.17) is 0 Å². The minimum Gasteiger partial charge on any atom is -0.316 e.